The standard InChI is InChI=1S/C32H40Cl2N4O2/c1-5-22-16-21-14-19(2)15-24(17-21)30(22)35-12-13-36-32(39)29-20(3)31(23-6-8-25(33)9-7-23)38(37-29)26-10-11-27(34)28(18-26)40-4/h6-11,18-19,21-22,24,30,35H,5,12-17H2,1-4H3,(H,36,39). The number of aromatic nitrogens is 2. The van der Waals surface area contributed by atoms with Gasteiger partial charge in [-0.2, -0.15) is 5.10 Å². The lowest BCUT2D eigenvalue weighted by Gasteiger charge is -2.47. The Bertz CT molecular complexity index is 1340. The van der Waals surface area contributed by atoms with Crippen molar-refractivity contribution in [3.8, 4) is 22.7 Å². The number of fused-ring (bicyclic) bond motifs is 2. The number of hydrogen-bond acceptors (Lipinski definition) is 4. The lowest BCUT2D eigenvalue weighted by atomic mass is 9.62. The monoisotopic (exact) mass is 582 g/mol. The highest BCUT2D eigenvalue weighted by Crippen LogP contribution is 2.45. The van der Waals surface area contributed by atoms with Gasteiger partial charge < -0.3 is 15.4 Å². The zero-order valence-corrected chi connectivity index (χ0v) is 25.4. The molecule has 6 nitrogen and oxygen atoms in total. The third kappa shape index (κ3) is 6.05. The van der Waals surface area contributed by atoms with E-state index in [4.69, 9.17) is 33.0 Å². The fourth-order valence-electron chi connectivity index (χ4n) is 7.13. The summed E-state index contributed by atoms with van der Waals surface area (Å²) in [6, 6.07) is 13.6. The van der Waals surface area contributed by atoms with Crippen LogP contribution in [-0.2, 0) is 0 Å². The van der Waals surface area contributed by atoms with Gasteiger partial charge in [0.1, 0.15) is 5.75 Å². The van der Waals surface area contributed by atoms with Crippen LogP contribution in [0.25, 0.3) is 16.9 Å². The number of ether oxygens (including phenoxy) is 1. The zero-order chi connectivity index (χ0) is 28.4. The molecule has 2 bridgehead atoms. The molecule has 5 atom stereocenters. The first kappa shape index (κ1) is 29.0. The molecule has 2 N–H and O–H groups in total. The summed E-state index contributed by atoms with van der Waals surface area (Å²) in [4.78, 5) is 13.4. The molecule has 0 aliphatic heterocycles. The van der Waals surface area contributed by atoms with E-state index < -0.39 is 0 Å². The number of nitrogens with zero attached hydrogens (tertiary/aromatic N) is 2. The fourth-order valence-corrected chi connectivity index (χ4v) is 7.45. The molecule has 8 heteroatoms. The summed E-state index contributed by atoms with van der Waals surface area (Å²) in [6.45, 7) is 7.96. The molecule has 2 saturated carbocycles. The maximum atomic E-state index is 13.4. The van der Waals surface area contributed by atoms with Gasteiger partial charge in [-0.1, -0.05) is 55.6 Å². The van der Waals surface area contributed by atoms with Gasteiger partial charge in [0.05, 0.1) is 23.5 Å². The Hall–Kier alpha value is -2.54. The van der Waals surface area contributed by atoms with Crippen LogP contribution in [-0.4, -0.2) is 41.9 Å². The van der Waals surface area contributed by atoms with Gasteiger partial charge in [0.2, 0.25) is 0 Å². The van der Waals surface area contributed by atoms with Crippen LogP contribution in [0.2, 0.25) is 10.0 Å². The molecule has 1 amide bonds. The summed E-state index contributed by atoms with van der Waals surface area (Å²) >= 11 is 12.5. The first-order chi connectivity index (χ1) is 19.3. The highest BCUT2D eigenvalue weighted by atomic mass is 35.5. The quantitative estimate of drug-likeness (QED) is 0.259. The van der Waals surface area contributed by atoms with Crippen LogP contribution in [0.3, 0.4) is 0 Å². The summed E-state index contributed by atoms with van der Waals surface area (Å²) < 4.78 is 7.22. The second kappa shape index (κ2) is 12.5. The molecule has 0 spiro atoms. The first-order valence-corrected chi connectivity index (χ1v) is 15.3. The van der Waals surface area contributed by atoms with E-state index in [1.165, 1.54) is 32.1 Å². The molecular weight excluding hydrogens is 543 g/mol. The maximum Gasteiger partial charge on any atom is 0.272 e. The number of carbonyl (C=O) groups excluding carboxylic acids is 1. The summed E-state index contributed by atoms with van der Waals surface area (Å²) in [6.07, 6.45) is 6.61. The van der Waals surface area contributed by atoms with Gasteiger partial charge in [-0.25, -0.2) is 4.68 Å². The highest BCUT2D eigenvalue weighted by molar-refractivity contribution is 6.32. The molecule has 5 unspecified atom stereocenters. The number of benzene rings is 2. The predicted molar refractivity (Wildman–Crippen MR) is 163 cm³/mol. The van der Waals surface area contributed by atoms with E-state index in [1.807, 2.05) is 43.3 Å². The van der Waals surface area contributed by atoms with Gasteiger partial charge in [-0.15, -0.1) is 0 Å². The zero-order valence-electron chi connectivity index (χ0n) is 23.8. The SMILES string of the molecule is CCC1CC2CC(C)CC(C2)C1NCCNC(=O)c1nn(-c2ccc(Cl)c(OC)c2)c(-c2ccc(Cl)cc2)c1C. The predicted octanol–water partition coefficient (Wildman–Crippen LogP) is 7.33. The maximum absolute atomic E-state index is 13.4. The average Bonchev–Trinajstić information content (AvgIpc) is 3.29. The minimum absolute atomic E-state index is 0.184. The Morgan fingerprint density at radius 1 is 1.07 bits per heavy atom. The molecule has 2 aromatic carbocycles. The molecule has 2 aliphatic rings. The molecule has 1 heterocycles. The largest absolute Gasteiger partial charge is 0.495 e. The normalized spacial score (nSPS) is 24.1. The Kier molecular flexibility index (Phi) is 9.08. The Morgan fingerprint density at radius 3 is 2.58 bits per heavy atom. The molecule has 1 aromatic heterocycles. The van der Waals surface area contributed by atoms with E-state index >= 15 is 0 Å². The smallest absolute Gasteiger partial charge is 0.272 e. The number of rotatable bonds is 9. The van der Waals surface area contributed by atoms with Crippen molar-refractivity contribution in [3.63, 3.8) is 0 Å². The van der Waals surface area contributed by atoms with Gasteiger partial charge >= 0.3 is 0 Å². The van der Waals surface area contributed by atoms with Crippen LogP contribution in [0.15, 0.2) is 42.5 Å². The number of nitrogens with one attached hydrogen (secondary N) is 2. The number of hydrogen-bond donors (Lipinski definition) is 2. The first-order valence-electron chi connectivity index (χ1n) is 14.5. The number of amides is 1. The molecule has 214 valence electrons. The van der Waals surface area contributed by atoms with E-state index in [2.05, 4.69) is 24.5 Å². The van der Waals surface area contributed by atoms with Crippen molar-refractivity contribution in [2.75, 3.05) is 20.2 Å². The van der Waals surface area contributed by atoms with Gasteiger partial charge in [0, 0.05) is 41.3 Å². The van der Waals surface area contributed by atoms with E-state index in [0.717, 1.165) is 52.7 Å². The molecule has 0 saturated heterocycles. The number of carbonyl (C=O) groups is 1. The van der Waals surface area contributed by atoms with Crippen molar-refractivity contribution < 1.29 is 9.53 Å². The average molecular weight is 584 g/mol. The summed E-state index contributed by atoms with van der Waals surface area (Å²) in [5, 5.41) is 12.9. The number of halogens is 2. The van der Waals surface area contributed by atoms with Crippen LogP contribution in [0, 0.1) is 30.6 Å². The van der Waals surface area contributed by atoms with Crippen LogP contribution < -0.4 is 15.4 Å². The van der Waals surface area contributed by atoms with Gasteiger partial charge in [-0.05, 0) is 80.5 Å². The van der Waals surface area contributed by atoms with Gasteiger partial charge in [0.25, 0.3) is 5.91 Å². The summed E-state index contributed by atoms with van der Waals surface area (Å²) in [7, 11) is 1.58. The van der Waals surface area contributed by atoms with Crippen molar-refractivity contribution in [3.05, 3.63) is 63.8 Å². The van der Waals surface area contributed by atoms with Crippen molar-refractivity contribution in [2.45, 2.75) is 58.9 Å². The molecule has 5 rings (SSSR count). The van der Waals surface area contributed by atoms with E-state index in [9.17, 15) is 4.79 Å². The second-order valence-electron chi connectivity index (χ2n) is 11.6. The topological polar surface area (TPSA) is 68.2 Å². The molecular formula is C32H40Cl2N4O2. The van der Waals surface area contributed by atoms with Gasteiger partial charge in [-0.3, -0.25) is 4.79 Å². The van der Waals surface area contributed by atoms with Crippen molar-refractivity contribution in [2.24, 2.45) is 23.7 Å². The second-order valence-corrected chi connectivity index (χ2v) is 12.5. The van der Waals surface area contributed by atoms with Crippen LogP contribution in [0.1, 0.15) is 62.0 Å². The summed E-state index contributed by atoms with van der Waals surface area (Å²) in [5.41, 5.74) is 3.66. The van der Waals surface area contributed by atoms with E-state index in [1.54, 1.807) is 17.9 Å². The third-order valence-electron chi connectivity index (χ3n) is 8.88. The van der Waals surface area contributed by atoms with Crippen molar-refractivity contribution >= 4 is 29.1 Å². The third-order valence-corrected chi connectivity index (χ3v) is 9.44. The van der Waals surface area contributed by atoms with Crippen molar-refractivity contribution in [1.82, 2.24) is 20.4 Å². The molecule has 40 heavy (non-hydrogen) atoms. The highest BCUT2D eigenvalue weighted by Gasteiger charge is 2.40. The minimum Gasteiger partial charge on any atom is -0.495 e. The Morgan fingerprint density at radius 2 is 1.85 bits per heavy atom. The van der Waals surface area contributed by atoms with Crippen LogP contribution >= 0.6 is 23.2 Å². The molecule has 3 aromatic rings. The lowest BCUT2D eigenvalue weighted by Crippen LogP contribution is -2.51. The summed E-state index contributed by atoms with van der Waals surface area (Å²) in [5.74, 6) is 3.54. The number of methoxy groups -OCH3 is 1. The Balaban J connectivity index is 1.33. The molecule has 0 radical (unpaired) electrons. The van der Waals surface area contributed by atoms with E-state index in [-0.39, 0.29) is 5.91 Å². The van der Waals surface area contributed by atoms with Crippen LogP contribution in [0.5, 0.6) is 5.75 Å². The molecule has 2 fully saturated rings. The minimum atomic E-state index is -0.184. The Labute approximate surface area is 247 Å². The fraction of sp³-hybridized carbons (Fsp3) is 0.500. The van der Waals surface area contributed by atoms with Gasteiger partial charge in [0.15, 0.2) is 5.69 Å². The van der Waals surface area contributed by atoms with Crippen LogP contribution in [0.4, 0.5) is 0 Å². The molecule has 2 aliphatic carbocycles. The van der Waals surface area contributed by atoms with Crippen molar-refractivity contribution in [1.29, 1.82) is 0 Å². The van der Waals surface area contributed by atoms with E-state index in [0.29, 0.717) is 34.1 Å². The lowest BCUT2D eigenvalue weighted by molar-refractivity contribution is 0.0612.